The van der Waals surface area contributed by atoms with Gasteiger partial charge in [-0.2, -0.15) is 0 Å². The number of benzene rings is 1. The minimum Gasteiger partial charge on any atom is -0.489 e. The van der Waals surface area contributed by atoms with Gasteiger partial charge in [-0.15, -0.1) is 0 Å². The molecule has 2 aliphatic rings. The summed E-state index contributed by atoms with van der Waals surface area (Å²) < 4.78 is 8.39. The number of aromatic nitrogens is 2. The van der Waals surface area contributed by atoms with Crippen molar-refractivity contribution in [2.45, 2.75) is 20.5 Å². The Bertz CT molecular complexity index is 1290. The van der Waals surface area contributed by atoms with E-state index in [0.717, 1.165) is 37.7 Å². The highest BCUT2D eigenvalue weighted by atomic mass is 35.5. The molecule has 3 aromatic rings. The van der Waals surface area contributed by atoms with E-state index in [4.69, 9.17) is 39.1 Å². The predicted molar refractivity (Wildman–Crippen MR) is 149 cm³/mol. The van der Waals surface area contributed by atoms with Crippen LogP contribution in [0.1, 0.15) is 29.3 Å². The smallest absolute Gasteiger partial charge is 0.128 e. The van der Waals surface area contributed by atoms with Gasteiger partial charge in [-0.25, -0.2) is 9.29 Å². The van der Waals surface area contributed by atoms with Gasteiger partial charge in [0, 0.05) is 72.1 Å². The Morgan fingerprint density at radius 3 is 2.61 bits per heavy atom. The van der Waals surface area contributed by atoms with Gasteiger partial charge in [0.25, 0.3) is 0 Å². The van der Waals surface area contributed by atoms with Gasteiger partial charge in [-0.1, -0.05) is 42.1 Å². The minimum absolute atomic E-state index is 0.181. The van der Waals surface area contributed by atoms with Crippen LogP contribution in [0.2, 0.25) is 10.0 Å². The molecule has 5 rings (SSSR count). The molecule has 0 atom stereocenters. The zero-order chi connectivity index (χ0) is 25.4. The van der Waals surface area contributed by atoms with E-state index in [0.29, 0.717) is 55.0 Å². The molecule has 0 unspecified atom stereocenters. The van der Waals surface area contributed by atoms with Crippen LogP contribution in [-0.4, -0.2) is 51.9 Å². The number of nitrogens with two attached hydrogens (primary N) is 1. The molecule has 0 bridgehead atoms. The standard InChI is InChI=1S/C26H28Cl2N6OS/c1-3-36-34-14-26(15-34)12-33(13-26)23-7-4-17(9-32-23)25(30)19-8-18(5-6-22(19)29)35-11-20-21(27)10-31-16(2)24(20)28/h4-10,30H,3,11-15,29H2,1-2H3. The molecule has 2 fully saturated rings. The number of ether oxygens (including phenoxy) is 1. The van der Waals surface area contributed by atoms with Crippen molar-refractivity contribution in [3.05, 3.63) is 75.2 Å². The summed E-state index contributed by atoms with van der Waals surface area (Å²) in [7, 11) is 0. The van der Waals surface area contributed by atoms with Crippen molar-refractivity contribution in [2.75, 3.05) is 42.6 Å². The molecular weight excluding hydrogens is 515 g/mol. The number of anilines is 2. The Morgan fingerprint density at radius 1 is 1.14 bits per heavy atom. The lowest BCUT2D eigenvalue weighted by Gasteiger charge is -2.60. The maximum absolute atomic E-state index is 8.75. The SMILES string of the molecule is CCSN1CC2(C1)CN(c1ccc(C(=N)c3cc(OCc4c(Cl)cnc(C)c4Cl)ccc3N)cn1)C2. The third-order valence-electron chi connectivity index (χ3n) is 6.67. The third kappa shape index (κ3) is 4.87. The fourth-order valence-electron chi connectivity index (χ4n) is 4.72. The lowest BCUT2D eigenvalue weighted by atomic mass is 9.74. The molecule has 2 aromatic heterocycles. The lowest BCUT2D eigenvalue weighted by Crippen LogP contribution is -2.70. The van der Waals surface area contributed by atoms with Gasteiger partial charge < -0.3 is 15.4 Å². The van der Waals surface area contributed by atoms with E-state index in [2.05, 4.69) is 26.1 Å². The van der Waals surface area contributed by atoms with Crippen LogP contribution in [-0.2, 0) is 6.61 Å². The number of hydrogen-bond acceptors (Lipinski definition) is 8. The van der Waals surface area contributed by atoms with E-state index < -0.39 is 0 Å². The zero-order valence-corrected chi connectivity index (χ0v) is 22.6. The van der Waals surface area contributed by atoms with Gasteiger partial charge in [0.15, 0.2) is 0 Å². The molecule has 188 valence electrons. The first-order valence-corrected chi connectivity index (χ1v) is 13.5. The highest BCUT2D eigenvalue weighted by Crippen LogP contribution is 2.43. The van der Waals surface area contributed by atoms with E-state index in [-0.39, 0.29) is 6.61 Å². The maximum atomic E-state index is 8.75. The molecule has 0 saturated carbocycles. The van der Waals surface area contributed by atoms with Crippen molar-refractivity contribution in [2.24, 2.45) is 5.41 Å². The number of halogens is 2. The number of pyridine rings is 2. The first kappa shape index (κ1) is 25.1. The van der Waals surface area contributed by atoms with Crippen molar-refractivity contribution in [1.82, 2.24) is 14.3 Å². The van der Waals surface area contributed by atoms with E-state index in [1.165, 1.54) is 0 Å². The molecule has 2 aliphatic heterocycles. The predicted octanol–water partition coefficient (Wildman–Crippen LogP) is 5.46. The zero-order valence-electron chi connectivity index (χ0n) is 20.2. The summed E-state index contributed by atoms with van der Waals surface area (Å²) in [6, 6.07) is 9.18. The maximum Gasteiger partial charge on any atom is 0.128 e. The van der Waals surface area contributed by atoms with E-state index in [1.807, 2.05) is 31.0 Å². The second kappa shape index (κ2) is 10.1. The van der Waals surface area contributed by atoms with Crippen molar-refractivity contribution in [3.63, 3.8) is 0 Å². The molecule has 0 radical (unpaired) electrons. The normalized spacial score (nSPS) is 16.5. The van der Waals surface area contributed by atoms with Crippen LogP contribution in [0.4, 0.5) is 11.5 Å². The molecule has 7 nitrogen and oxygen atoms in total. The Labute approximate surface area is 225 Å². The number of aryl methyl sites for hydroxylation is 1. The Morgan fingerprint density at radius 2 is 1.92 bits per heavy atom. The van der Waals surface area contributed by atoms with E-state index in [9.17, 15) is 0 Å². The lowest BCUT2D eigenvalue weighted by molar-refractivity contribution is 0.0472. The number of nitrogens with one attached hydrogen (secondary N) is 1. The van der Waals surface area contributed by atoms with Gasteiger partial charge >= 0.3 is 0 Å². The van der Waals surface area contributed by atoms with Gasteiger partial charge in [0.05, 0.1) is 21.5 Å². The number of nitrogens with zero attached hydrogens (tertiary/aromatic N) is 4. The Kier molecular flexibility index (Phi) is 7.05. The molecule has 1 spiro atoms. The summed E-state index contributed by atoms with van der Waals surface area (Å²) in [6.45, 7) is 8.57. The summed E-state index contributed by atoms with van der Waals surface area (Å²) in [4.78, 5) is 11.1. The van der Waals surface area contributed by atoms with E-state index in [1.54, 1.807) is 30.6 Å². The molecule has 1 aromatic carbocycles. The average molecular weight is 544 g/mol. The van der Waals surface area contributed by atoms with Crippen LogP contribution in [0.15, 0.2) is 42.7 Å². The summed E-state index contributed by atoms with van der Waals surface area (Å²) in [5.41, 5.74) is 10.1. The average Bonchev–Trinajstić information content (AvgIpc) is 2.83. The second-order valence-electron chi connectivity index (χ2n) is 9.37. The summed E-state index contributed by atoms with van der Waals surface area (Å²) >= 11 is 14.5. The Balaban J connectivity index is 1.24. The topological polar surface area (TPSA) is 91.4 Å². The van der Waals surface area contributed by atoms with Crippen LogP contribution in [0.25, 0.3) is 0 Å². The molecule has 2 saturated heterocycles. The quantitative estimate of drug-likeness (QED) is 0.222. The number of nitrogen functional groups attached to an aromatic ring is 1. The third-order valence-corrected chi connectivity index (χ3v) is 8.38. The molecule has 0 aliphatic carbocycles. The molecule has 4 heterocycles. The van der Waals surface area contributed by atoms with Crippen LogP contribution >= 0.6 is 35.1 Å². The first-order chi connectivity index (χ1) is 17.3. The van der Waals surface area contributed by atoms with Gasteiger partial charge in [-0.05, 0) is 37.3 Å². The Hall–Kier alpha value is -2.52. The largest absolute Gasteiger partial charge is 0.489 e. The monoisotopic (exact) mass is 542 g/mol. The van der Waals surface area contributed by atoms with Gasteiger partial charge in [0.1, 0.15) is 18.2 Å². The fourth-order valence-corrected chi connectivity index (χ4v) is 6.27. The molecule has 10 heteroatoms. The van der Waals surface area contributed by atoms with Gasteiger partial charge in [-0.3, -0.25) is 10.4 Å². The highest BCUT2D eigenvalue weighted by Gasteiger charge is 2.52. The number of hydrogen-bond donors (Lipinski definition) is 2. The summed E-state index contributed by atoms with van der Waals surface area (Å²) in [5.74, 6) is 2.64. The molecule has 3 N–H and O–H groups in total. The molecule has 0 amide bonds. The minimum atomic E-state index is 0.181. The van der Waals surface area contributed by atoms with Crippen LogP contribution in [0.5, 0.6) is 5.75 Å². The highest BCUT2D eigenvalue weighted by molar-refractivity contribution is 7.97. The van der Waals surface area contributed by atoms with Gasteiger partial charge in [0.2, 0.25) is 0 Å². The summed E-state index contributed by atoms with van der Waals surface area (Å²) in [6.07, 6.45) is 3.31. The van der Waals surface area contributed by atoms with Crippen LogP contribution in [0.3, 0.4) is 0 Å². The van der Waals surface area contributed by atoms with E-state index >= 15 is 0 Å². The van der Waals surface area contributed by atoms with Crippen LogP contribution < -0.4 is 15.4 Å². The molecular formula is C26H28Cl2N6OS. The fraction of sp³-hybridized carbons (Fsp3) is 0.346. The second-order valence-corrected chi connectivity index (χ2v) is 11.5. The van der Waals surface area contributed by atoms with Crippen molar-refractivity contribution < 1.29 is 4.74 Å². The first-order valence-electron chi connectivity index (χ1n) is 11.8. The van der Waals surface area contributed by atoms with Crippen molar-refractivity contribution in [3.8, 4) is 5.75 Å². The number of rotatable bonds is 8. The van der Waals surface area contributed by atoms with Crippen LogP contribution in [0, 0.1) is 17.7 Å². The van der Waals surface area contributed by atoms with Crippen molar-refractivity contribution in [1.29, 1.82) is 5.41 Å². The summed E-state index contributed by atoms with van der Waals surface area (Å²) in [5, 5.41) is 9.69. The molecule has 36 heavy (non-hydrogen) atoms. The van der Waals surface area contributed by atoms with Crippen molar-refractivity contribution >= 4 is 52.4 Å².